The number of hydrogen-bond donors (Lipinski definition) is 0. The van der Waals surface area contributed by atoms with Gasteiger partial charge in [0.05, 0.1) is 22.5 Å². The molecule has 3 aliphatic rings. The zero-order valence-electron chi connectivity index (χ0n) is 34.3. The van der Waals surface area contributed by atoms with Crippen LogP contribution in [0.5, 0.6) is 0 Å². The Kier molecular flexibility index (Phi) is 7.07. The van der Waals surface area contributed by atoms with Gasteiger partial charge in [-0.25, -0.2) is 0 Å². The number of anilines is 6. The van der Waals surface area contributed by atoms with Gasteiger partial charge in [0.2, 0.25) is 0 Å². The summed E-state index contributed by atoms with van der Waals surface area (Å²) in [7, 11) is 0. The van der Waals surface area contributed by atoms with E-state index in [4.69, 9.17) is 0 Å². The molecule has 2 aliphatic carbocycles. The summed E-state index contributed by atoms with van der Waals surface area (Å²) >= 11 is 0. The first-order valence-corrected chi connectivity index (χ1v) is 21.9. The van der Waals surface area contributed by atoms with Crippen molar-refractivity contribution in [3.05, 3.63) is 253 Å². The topological polar surface area (TPSA) is 6.48 Å². The molecule has 0 bridgehead atoms. The predicted octanol–water partition coefficient (Wildman–Crippen LogP) is 16.4. The summed E-state index contributed by atoms with van der Waals surface area (Å²) in [6.45, 7) is 0. The van der Waals surface area contributed by atoms with Crippen LogP contribution in [0.2, 0.25) is 0 Å². The van der Waals surface area contributed by atoms with Crippen LogP contribution in [0.15, 0.2) is 231 Å². The maximum Gasteiger partial charge on any atom is 0.0726 e. The molecule has 1 heterocycles. The maximum absolute atomic E-state index is 2.49. The van der Waals surface area contributed by atoms with Crippen molar-refractivity contribution in [2.24, 2.45) is 0 Å². The van der Waals surface area contributed by atoms with Crippen LogP contribution in [0.4, 0.5) is 34.1 Å². The van der Waals surface area contributed by atoms with Crippen LogP contribution in [0.1, 0.15) is 22.3 Å². The lowest BCUT2D eigenvalue weighted by molar-refractivity contribution is 0.793. The van der Waals surface area contributed by atoms with E-state index in [0.717, 1.165) is 22.7 Å². The molecule has 0 N–H and O–H groups in total. The molecule has 292 valence electrons. The highest BCUT2D eigenvalue weighted by Crippen LogP contribution is 2.63. The van der Waals surface area contributed by atoms with Gasteiger partial charge in [-0.1, -0.05) is 170 Å². The highest BCUT2D eigenvalue weighted by atomic mass is 15.2. The summed E-state index contributed by atoms with van der Waals surface area (Å²) in [5.41, 5.74) is 19.6. The molecule has 2 nitrogen and oxygen atoms in total. The van der Waals surface area contributed by atoms with Crippen molar-refractivity contribution in [3.8, 4) is 33.4 Å². The van der Waals surface area contributed by atoms with E-state index in [1.54, 1.807) is 0 Å². The summed E-state index contributed by atoms with van der Waals surface area (Å²) in [4.78, 5) is 4.94. The van der Waals surface area contributed by atoms with Crippen molar-refractivity contribution in [2.45, 2.75) is 5.41 Å². The van der Waals surface area contributed by atoms with Crippen molar-refractivity contribution < 1.29 is 0 Å². The minimum absolute atomic E-state index is 0.438. The number of rotatable bonds is 4. The lowest BCUT2D eigenvalue weighted by Crippen LogP contribution is -2.26. The molecule has 0 fully saturated rings. The van der Waals surface area contributed by atoms with Crippen LogP contribution < -0.4 is 9.80 Å². The number of nitrogens with zero attached hydrogens (tertiary/aromatic N) is 2. The van der Waals surface area contributed by atoms with E-state index < -0.39 is 5.41 Å². The molecule has 0 aromatic heterocycles. The van der Waals surface area contributed by atoms with Gasteiger partial charge in [0, 0.05) is 33.4 Å². The first-order valence-electron chi connectivity index (χ1n) is 21.9. The molecule has 0 unspecified atom stereocenters. The third-order valence-electron chi connectivity index (χ3n) is 14.1. The Balaban J connectivity index is 0.987. The standard InChI is InChI=1S/C61H38N2/c1-2-16-42-37-59-52(36-41(42)15-1)51-24-11-18-40-19-13-29-58(60(40)51)63(59)44-32-30-43(31-33-44)62(57-28-12-17-39-14-3-4-20-46(39)57)45-34-35-50-49-23-7-10-27-55(49)61(56(50)38-45)53-25-8-5-21-47(53)48-22-6-9-26-54(48)61/h1-38H. The maximum atomic E-state index is 2.49. The average Bonchev–Trinajstić information content (AvgIpc) is 3.81. The zero-order chi connectivity index (χ0) is 41.2. The molecule has 0 radical (unpaired) electrons. The lowest BCUT2D eigenvalue weighted by Gasteiger charge is -2.34. The van der Waals surface area contributed by atoms with E-state index in [1.165, 1.54) is 99.3 Å². The molecule has 14 rings (SSSR count). The van der Waals surface area contributed by atoms with Gasteiger partial charge in [-0.3, -0.25) is 0 Å². The first kappa shape index (κ1) is 34.5. The van der Waals surface area contributed by atoms with E-state index in [2.05, 4.69) is 240 Å². The van der Waals surface area contributed by atoms with Gasteiger partial charge >= 0.3 is 0 Å². The average molecular weight is 799 g/mol. The van der Waals surface area contributed by atoms with Crippen LogP contribution in [0.25, 0.3) is 65.7 Å². The Bertz CT molecular complexity index is 3640. The summed E-state index contributed by atoms with van der Waals surface area (Å²) < 4.78 is 0. The van der Waals surface area contributed by atoms with Crippen molar-refractivity contribution in [3.63, 3.8) is 0 Å². The number of hydrogen-bond acceptors (Lipinski definition) is 2. The van der Waals surface area contributed by atoms with Crippen LogP contribution in [-0.2, 0) is 5.41 Å². The van der Waals surface area contributed by atoms with Crippen LogP contribution >= 0.6 is 0 Å². The molecule has 11 aromatic rings. The van der Waals surface area contributed by atoms with Crippen molar-refractivity contribution in [1.82, 2.24) is 0 Å². The summed E-state index contributed by atoms with van der Waals surface area (Å²) in [5, 5.41) is 7.43. The fourth-order valence-corrected chi connectivity index (χ4v) is 11.6. The van der Waals surface area contributed by atoms with Gasteiger partial charge in [0.15, 0.2) is 0 Å². The largest absolute Gasteiger partial charge is 0.310 e. The third kappa shape index (κ3) is 4.67. The highest BCUT2D eigenvalue weighted by Gasteiger charge is 2.51. The van der Waals surface area contributed by atoms with Crippen LogP contribution in [0.3, 0.4) is 0 Å². The Hall–Kier alpha value is -8.20. The predicted molar refractivity (Wildman–Crippen MR) is 264 cm³/mol. The molecular weight excluding hydrogens is 761 g/mol. The van der Waals surface area contributed by atoms with E-state index in [-0.39, 0.29) is 0 Å². The molecule has 0 saturated heterocycles. The molecule has 2 heteroatoms. The lowest BCUT2D eigenvalue weighted by atomic mass is 9.70. The van der Waals surface area contributed by atoms with Gasteiger partial charge < -0.3 is 9.80 Å². The van der Waals surface area contributed by atoms with Crippen molar-refractivity contribution in [2.75, 3.05) is 9.80 Å². The molecule has 0 amide bonds. The molecular formula is C61H38N2. The van der Waals surface area contributed by atoms with Gasteiger partial charge in [0.1, 0.15) is 0 Å². The van der Waals surface area contributed by atoms with Gasteiger partial charge in [-0.2, -0.15) is 0 Å². The second kappa shape index (κ2) is 12.9. The molecule has 1 aliphatic heterocycles. The van der Waals surface area contributed by atoms with Gasteiger partial charge in [0.25, 0.3) is 0 Å². The van der Waals surface area contributed by atoms with Gasteiger partial charge in [-0.15, -0.1) is 0 Å². The second-order valence-corrected chi connectivity index (χ2v) is 17.2. The first-order chi connectivity index (χ1) is 31.3. The number of fused-ring (bicyclic) bond motifs is 14. The van der Waals surface area contributed by atoms with Crippen molar-refractivity contribution in [1.29, 1.82) is 0 Å². The van der Waals surface area contributed by atoms with Crippen molar-refractivity contribution >= 4 is 66.4 Å². The van der Waals surface area contributed by atoms with Crippen LogP contribution in [-0.4, -0.2) is 0 Å². The summed E-state index contributed by atoms with van der Waals surface area (Å²) in [6.07, 6.45) is 0. The fourth-order valence-electron chi connectivity index (χ4n) is 11.6. The van der Waals surface area contributed by atoms with Gasteiger partial charge in [-0.05, 0) is 132 Å². The van der Waals surface area contributed by atoms with E-state index in [0.29, 0.717) is 0 Å². The molecule has 63 heavy (non-hydrogen) atoms. The Morgan fingerprint density at radius 3 is 1.56 bits per heavy atom. The quantitative estimate of drug-likeness (QED) is 0.175. The SMILES string of the molecule is c1ccc2c(c1)-c1ccccc1C21c2ccccc2-c2ccc(N(c3ccc(N4c5cc6ccccc6cc5-c5cccc6cccc4c56)cc3)c3cccc4ccccc34)cc21. The molecule has 11 aromatic carbocycles. The zero-order valence-corrected chi connectivity index (χ0v) is 34.3. The Morgan fingerprint density at radius 1 is 0.317 bits per heavy atom. The third-order valence-corrected chi connectivity index (χ3v) is 14.1. The van der Waals surface area contributed by atoms with E-state index in [1.807, 2.05) is 0 Å². The number of benzene rings is 11. The monoisotopic (exact) mass is 798 g/mol. The summed E-state index contributed by atoms with van der Waals surface area (Å²) in [6, 6.07) is 86.0. The van der Waals surface area contributed by atoms with Crippen LogP contribution in [0, 0.1) is 0 Å². The minimum atomic E-state index is -0.438. The smallest absolute Gasteiger partial charge is 0.0726 e. The fraction of sp³-hybridized carbons (Fsp3) is 0.0164. The summed E-state index contributed by atoms with van der Waals surface area (Å²) in [5.74, 6) is 0. The Morgan fingerprint density at radius 2 is 0.841 bits per heavy atom. The normalized spacial score (nSPS) is 13.5. The molecule has 0 saturated carbocycles. The second-order valence-electron chi connectivity index (χ2n) is 17.2. The minimum Gasteiger partial charge on any atom is -0.310 e. The molecule has 0 atom stereocenters. The Labute approximate surface area is 366 Å². The van der Waals surface area contributed by atoms with E-state index in [9.17, 15) is 0 Å². The van der Waals surface area contributed by atoms with E-state index >= 15 is 0 Å². The highest BCUT2D eigenvalue weighted by molar-refractivity contribution is 6.15. The molecule has 1 spiro atoms.